The molecule has 8 heteroatoms. The summed E-state index contributed by atoms with van der Waals surface area (Å²) < 4.78 is 11.0. The molecule has 2 aliphatic rings. The minimum atomic E-state index is 0.0124. The van der Waals surface area contributed by atoms with Gasteiger partial charge in [0.05, 0.1) is 25.1 Å². The van der Waals surface area contributed by atoms with Crippen molar-refractivity contribution in [2.45, 2.75) is 6.92 Å². The van der Waals surface area contributed by atoms with Crippen molar-refractivity contribution in [3.63, 3.8) is 0 Å². The molecule has 1 amide bonds. The molecule has 1 aromatic heterocycles. The van der Waals surface area contributed by atoms with E-state index in [1.807, 2.05) is 36.1 Å². The highest BCUT2D eigenvalue weighted by Crippen LogP contribution is 2.21. The van der Waals surface area contributed by atoms with E-state index in [1.54, 1.807) is 6.20 Å². The largest absolute Gasteiger partial charge is 0.484 e. The maximum Gasteiger partial charge on any atom is 0.260 e. The lowest BCUT2D eigenvalue weighted by molar-refractivity contribution is -0.133. The number of hydrogen-bond donors (Lipinski definition) is 0. The van der Waals surface area contributed by atoms with E-state index < -0.39 is 0 Å². The minimum Gasteiger partial charge on any atom is -0.484 e. The van der Waals surface area contributed by atoms with Crippen molar-refractivity contribution in [2.24, 2.45) is 0 Å². The van der Waals surface area contributed by atoms with Gasteiger partial charge in [0.2, 0.25) is 0 Å². The van der Waals surface area contributed by atoms with Gasteiger partial charge in [-0.05, 0) is 19.1 Å². The Balaban J connectivity index is 1.28. The summed E-state index contributed by atoms with van der Waals surface area (Å²) in [6, 6.07) is 9.81. The van der Waals surface area contributed by atoms with Gasteiger partial charge in [-0.3, -0.25) is 4.79 Å². The average Bonchev–Trinajstić information content (AvgIpc) is 2.79. The monoisotopic (exact) mass is 397 g/mol. The molecule has 2 saturated heterocycles. The van der Waals surface area contributed by atoms with Crippen molar-refractivity contribution >= 4 is 17.4 Å². The zero-order valence-electron chi connectivity index (χ0n) is 16.8. The van der Waals surface area contributed by atoms with E-state index in [4.69, 9.17) is 9.47 Å². The minimum absolute atomic E-state index is 0.0124. The Morgan fingerprint density at radius 1 is 1.03 bits per heavy atom. The molecule has 0 atom stereocenters. The number of aromatic nitrogens is 2. The lowest BCUT2D eigenvalue weighted by Gasteiger charge is -2.35. The van der Waals surface area contributed by atoms with Crippen LogP contribution in [0.4, 0.5) is 11.5 Å². The number of rotatable bonds is 5. The third-order valence-electron chi connectivity index (χ3n) is 5.34. The van der Waals surface area contributed by atoms with Crippen LogP contribution in [0.3, 0.4) is 0 Å². The summed E-state index contributed by atoms with van der Waals surface area (Å²) in [6.45, 7) is 8.08. The Kier molecular flexibility index (Phi) is 6.09. The standard InChI is InChI=1S/C21H27N5O3/c1-17-2-4-19(5-3-17)29-16-21(27)26-8-6-25(7-9-26)20-14-18(15-22-23-20)24-10-12-28-13-11-24/h2-5,14-15H,6-13,16H2,1H3. The number of ether oxygens (including phenoxy) is 2. The Morgan fingerprint density at radius 3 is 2.48 bits per heavy atom. The fourth-order valence-corrected chi connectivity index (χ4v) is 3.55. The highest BCUT2D eigenvalue weighted by Gasteiger charge is 2.23. The number of morpholine rings is 1. The Labute approximate surface area is 171 Å². The predicted molar refractivity (Wildman–Crippen MR) is 111 cm³/mol. The summed E-state index contributed by atoms with van der Waals surface area (Å²) in [5, 5.41) is 8.48. The first-order valence-electron chi connectivity index (χ1n) is 10.1. The summed E-state index contributed by atoms with van der Waals surface area (Å²) in [7, 11) is 0. The molecule has 4 rings (SSSR count). The molecule has 0 spiro atoms. The summed E-state index contributed by atoms with van der Waals surface area (Å²) in [5.41, 5.74) is 2.24. The molecule has 2 aromatic rings. The van der Waals surface area contributed by atoms with E-state index in [1.165, 1.54) is 5.56 Å². The molecule has 154 valence electrons. The lowest BCUT2D eigenvalue weighted by atomic mass is 10.2. The molecule has 3 heterocycles. The number of hydrogen-bond acceptors (Lipinski definition) is 7. The summed E-state index contributed by atoms with van der Waals surface area (Å²) >= 11 is 0. The summed E-state index contributed by atoms with van der Waals surface area (Å²) in [6.07, 6.45) is 1.80. The first-order valence-corrected chi connectivity index (χ1v) is 10.1. The number of nitrogens with zero attached hydrogens (tertiary/aromatic N) is 5. The molecule has 0 bridgehead atoms. The second kappa shape index (κ2) is 9.09. The smallest absolute Gasteiger partial charge is 0.260 e. The first-order chi connectivity index (χ1) is 14.2. The van der Waals surface area contributed by atoms with Crippen LogP contribution in [-0.2, 0) is 9.53 Å². The van der Waals surface area contributed by atoms with Crippen LogP contribution in [0.15, 0.2) is 36.5 Å². The van der Waals surface area contributed by atoms with Gasteiger partial charge in [0.25, 0.3) is 5.91 Å². The van der Waals surface area contributed by atoms with Gasteiger partial charge >= 0.3 is 0 Å². The van der Waals surface area contributed by atoms with Gasteiger partial charge in [0, 0.05) is 45.3 Å². The second-order valence-electron chi connectivity index (χ2n) is 7.34. The van der Waals surface area contributed by atoms with E-state index in [9.17, 15) is 4.79 Å². The number of piperazine rings is 1. The third-order valence-corrected chi connectivity index (χ3v) is 5.34. The quantitative estimate of drug-likeness (QED) is 0.754. The molecule has 0 aliphatic carbocycles. The number of aryl methyl sites for hydroxylation is 1. The van der Waals surface area contributed by atoms with E-state index in [0.29, 0.717) is 13.1 Å². The normalized spacial score (nSPS) is 17.3. The van der Waals surface area contributed by atoms with Crippen molar-refractivity contribution in [1.29, 1.82) is 0 Å². The maximum absolute atomic E-state index is 12.5. The maximum atomic E-state index is 12.5. The molecule has 8 nitrogen and oxygen atoms in total. The number of benzene rings is 1. The number of carbonyl (C=O) groups is 1. The van der Waals surface area contributed by atoms with E-state index in [-0.39, 0.29) is 12.5 Å². The van der Waals surface area contributed by atoms with Crippen LogP contribution in [0.25, 0.3) is 0 Å². The molecule has 0 saturated carbocycles. The highest BCUT2D eigenvalue weighted by molar-refractivity contribution is 5.78. The fraction of sp³-hybridized carbons (Fsp3) is 0.476. The average molecular weight is 397 g/mol. The van der Waals surface area contributed by atoms with Crippen molar-refractivity contribution < 1.29 is 14.3 Å². The molecular formula is C21H27N5O3. The molecule has 1 aromatic carbocycles. The molecule has 29 heavy (non-hydrogen) atoms. The predicted octanol–water partition coefficient (Wildman–Crippen LogP) is 1.35. The topological polar surface area (TPSA) is 71.0 Å². The molecule has 2 fully saturated rings. The van der Waals surface area contributed by atoms with Gasteiger partial charge < -0.3 is 24.2 Å². The van der Waals surface area contributed by atoms with Crippen LogP contribution in [0.5, 0.6) is 5.75 Å². The van der Waals surface area contributed by atoms with Crippen LogP contribution >= 0.6 is 0 Å². The van der Waals surface area contributed by atoms with Gasteiger partial charge in [-0.1, -0.05) is 17.7 Å². The Hall–Kier alpha value is -2.87. The van der Waals surface area contributed by atoms with Crippen molar-refractivity contribution in [1.82, 2.24) is 15.1 Å². The van der Waals surface area contributed by atoms with E-state index in [0.717, 1.165) is 56.6 Å². The van der Waals surface area contributed by atoms with E-state index >= 15 is 0 Å². The molecular weight excluding hydrogens is 370 g/mol. The van der Waals surface area contributed by atoms with Crippen LogP contribution in [0, 0.1) is 6.92 Å². The lowest BCUT2D eigenvalue weighted by Crippen LogP contribution is -2.50. The number of amides is 1. The Morgan fingerprint density at radius 2 is 1.76 bits per heavy atom. The van der Waals surface area contributed by atoms with Crippen molar-refractivity contribution in [3.05, 3.63) is 42.1 Å². The van der Waals surface area contributed by atoms with Gasteiger partial charge in [-0.2, -0.15) is 5.10 Å². The molecule has 0 radical (unpaired) electrons. The molecule has 2 aliphatic heterocycles. The highest BCUT2D eigenvalue weighted by atomic mass is 16.5. The molecule has 0 unspecified atom stereocenters. The zero-order valence-corrected chi connectivity index (χ0v) is 16.8. The van der Waals surface area contributed by atoms with Crippen LogP contribution in [-0.4, -0.2) is 80.1 Å². The number of anilines is 2. The van der Waals surface area contributed by atoms with Crippen molar-refractivity contribution in [3.8, 4) is 5.75 Å². The van der Waals surface area contributed by atoms with Gasteiger partial charge in [-0.15, -0.1) is 5.10 Å². The summed E-state index contributed by atoms with van der Waals surface area (Å²) in [5.74, 6) is 1.59. The third kappa shape index (κ3) is 4.95. The van der Waals surface area contributed by atoms with Crippen molar-refractivity contribution in [2.75, 3.05) is 68.9 Å². The fourth-order valence-electron chi connectivity index (χ4n) is 3.55. The van der Waals surface area contributed by atoms with Gasteiger partial charge in [0.1, 0.15) is 5.75 Å². The second-order valence-corrected chi connectivity index (χ2v) is 7.34. The van der Waals surface area contributed by atoms with Crippen LogP contribution in [0.2, 0.25) is 0 Å². The SMILES string of the molecule is Cc1ccc(OCC(=O)N2CCN(c3cc(N4CCOCC4)cnn3)CC2)cc1. The number of carbonyl (C=O) groups excluding carboxylic acids is 1. The zero-order chi connectivity index (χ0) is 20.1. The van der Waals surface area contributed by atoms with E-state index in [2.05, 4.69) is 26.1 Å². The Bertz CT molecular complexity index is 815. The molecule has 0 N–H and O–H groups in total. The van der Waals surface area contributed by atoms with Crippen LogP contribution < -0.4 is 14.5 Å². The first kappa shape index (κ1) is 19.4. The van der Waals surface area contributed by atoms with Gasteiger partial charge in [-0.25, -0.2) is 0 Å². The van der Waals surface area contributed by atoms with Gasteiger partial charge in [0.15, 0.2) is 12.4 Å². The summed E-state index contributed by atoms with van der Waals surface area (Å²) in [4.78, 5) is 18.8. The van der Waals surface area contributed by atoms with Crippen LogP contribution in [0.1, 0.15) is 5.56 Å².